The summed E-state index contributed by atoms with van der Waals surface area (Å²) < 4.78 is 0. The van der Waals surface area contributed by atoms with Crippen LogP contribution in [0.3, 0.4) is 0 Å². The van der Waals surface area contributed by atoms with Gasteiger partial charge >= 0.3 is 0 Å². The molecule has 10 heavy (non-hydrogen) atoms. The van der Waals surface area contributed by atoms with Gasteiger partial charge in [0, 0.05) is 6.04 Å². The minimum absolute atomic E-state index is 0.314. The van der Waals surface area contributed by atoms with Crippen LogP contribution in [0, 0.1) is 5.92 Å². The smallest absolute Gasteiger partial charge is 0.0134 e. The van der Waals surface area contributed by atoms with Gasteiger partial charge < -0.3 is 5.73 Å². The molecule has 2 N–H and O–H groups in total. The summed E-state index contributed by atoms with van der Waals surface area (Å²) in [6.45, 7) is 4.27. The average molecular weight is 137 g/mol. The zero-order valence-corrected chi connectivity index (χ0v) is 6.67. The highest BCUT2D eigenvalue weighted by Crippen LogP contribution is 2.14. The number of hydrogen-bond donors (Lipinski definition) is 1. The average Bonchev–Trinajstić information content (AvgIpc) is 2.04. The molecule has 0 amide bonds. The largest absolute Gasteiger partial charge is 0.327 e. The van der Waals surface area contributed by atoms with E-state index in [0.717, 1.165) is 6.42 Å². The van der Waals surface area contributed by atoms with E-state index in [1.54, 1.807) is 0 Å². The first-order chi connectivity index (χ1) is 4.70. The van der Waals surface area contributed by atoms with Gasteiger partial charge in [0.1, 0.15) is 0 Å². The maximum atomic E-state index is 5.84. The minimum atomic E-state index is 0.314. The van der Waals surface area contributed by atoms with E-state index in [1.807, 2.05) is 0 Å². The molecule has 1 heteroatoms. The fraction of sp³-hybridized carbons (Fsp3) is 0.556. The molecule has 0 saturated carbocycles. The summed E-state index contributed by atoms with van der Waals surface area (Å²) in [4.78, 5) is 0. The van der Waals surface area contributed by atoms with Crippen LogP contribution in [0.15, 0.2) is 23.8 Å². The van der Waals surface area contributed by atoms with Gasteiger partial charge in [-0.1, -0.05) is 30.7 Å². The van der Waals surface area contributed by atoms with E-state index in [9.17, 15) is 0 Å². The lowest BCUT2D eigenvalue weighted by Gasteiger charge is -2.11. The normalized spacial score (nSPS) is 33.3. The van der Waals surface area contributed by atoms with Gasteiger partial charge in [-0.3, -0.25) is 0 Å². The molecule has 0 heterocycles. The highest BCUT2D eigenvalue weighted by Gasteiger charge is 2.09. The van der Waals surface area contributed by atoms with E-state index in [4.69, 9.17) is 5.73 Å². The number of nitrogens with two attached hydrogens (primary N) is 1. The lowest BCUT2D eigenvalue weighted by Crippen LogP contribution is -2.25. The molecular weight excluding hydrogens is 122 g/mol. The minimum Gasteiger partial charge on any atom is -0.327 e. The molecular formula is C9H15N. The molecule has 0 aromatic rings. The quantitative estimate of drug-likeness (QED) is 0.542. The number of hydrogen-bond acceptors (Lipinski definition) is 1. The molecule has 0 aliphatic heterocycles. The van der Waals surface area contributed by atoms with Crippen LogP contribution in [0.4, 0.5) is 0 Å². The van der Waals surface area contributed by atoms with E-state index in [1.165, 1.54) is 5.57 Å². The van der Waals surface area contributed by atoms with Gasteiger partial charge in [0.2, 0.25) is 0 Å². The molecule has 1 rings (SSSR count). The third-order valence-corrected chi connectivity index (χ3v) is 2.05. The molecule has 0 fully saturated rings. The van der Waals surface area contributed by atoms with Crippen molar-refractivity contribution in [2.75, 3.05) is 0 Å². The van der Waals surface area contributed by atoms with Crippen LogP contribution in [0.1, 0.15) is 20.3 Å². The van der Waals surface area contributed by atoms with Gasteiger partial charge in [0.05, 0.1) is 0 Å². The zero-order chi connectivity index (χ0) is 7.56. The zero-order valence-electron chi connectivity index (χ0n) is 6.67. The van der Waals surface area contributed by atoms with Crippen LogP contribution in [0.5, 0.6) is 0 Å². The number of rotatable bonds is 0. The highest BCUT2D eigenvalue weighted by atomic mass is 14.6. The van der Waals surface area contributed by atoms with Crippen LogP contribution in [-0.2, 0) is 0 Å². The molecule has 1 aliphatic carbocycles. The Morgan fingerprint density at radius 1 is 1.60 bits per heavy atom. The maximum absolute atomic E-state index is 5.84. The predicted molar refractivity (Wildman–Crippen MR) is 44.7 cm³/mol. The second-order valence-electron chi connectivity index (χ2n) is 3.07. The van der Waals surface area contributed by atoms with E-state index >= 15 is 0 Å². The monoisotopic (exact) mass is 137 g/mol. The molecule has 2 atom stereocenters. The van der Waals surface area contributed by atoms with Crippen LogP contribution in [-0.4, -0.2) is 6.04 Å². The van der Waals surface area contributed by atoms with Crippen LogP contribution in [0.25, 0.3) is 0 Å². The summed E-state index contributed by atoms with van der Waals surface area (Å²) in [5.74, 6) is 0.522. The van der Waals surface area contributed by atoms with Gasteiger partial charge in [-0.2, -0.15) is 0 Å². The molecule has 0 aromatic carbocycles. The third-order valence-electron chi connectivity index (χ3n) is 2.05. The lowest BCUT2D eigenvalue weighted by molar-refractivity contribution is 0.547. The summed E-state index contributed by atoms with van der Waals surface area (Å²) in [7, 11) is 0. The van der Waals surface area contributed by atoms with Gasteiger partial charge in [0.15, 0.2) is 0 Å². The molecule has 1 nitrogen and oxygen atoms in total. The molecule has 56 valence electrons. The van der Waals surface area contributed by atoms with Crippen molar-refractivity contribution in [3.05, 3.63) is 23.8 Å². The third kappa shape index (κ3) is 1.71. The molecule has 0 aromatic heterocycles. The Labute approximate surface area is 62.6 Å². The first-order valence-electron chi connectivity index (χ1n) is 3.80. The Hall–Kier alpha value is -0.560. The molecule has 0 saturated heterocycles. The molecule has 0 spiro atoms. The van der Waals surface area contributed by atoms with Crippen LogP contribution < -0.4 is 5.73 Å². The first kappa shape index (κ1) is 7.55. The Balaban J connectivity index is 2.68. The van der Waals surface area contributed by atoms with Gasteiger partial charge in [-0.05, 0) is 19.3 Å². The molecule has 2 unspecified atom stereocenters. The predicted octanol–water partition coefficient (Wildman–Crippen LogP) is 1.86. The van der Waals surface area contributed by atoms with E-state index in [0.29, 0.717) is 12.0 Å². The fourth-order valence-corrected chi connectivity index (χ4v) is 1.05. The van der Waals surface area contributed by atoms with Gasteiger partial charge in [-0.15, -0.1) is 0 Å². The van der Waals surface area contributed by atoms with Crippen molar-refractivity contribution < 1.29 is 0 Å². The summed E-state index contributed by atoms with van der Waals surface area (Å²) >= 11 is 0. The van der Waals surface area contributed by atoms with Gasteiger partial charge in [-0.25, -0.2) is 0 Å². The molecule has 1 aliphatic rings. The Morgan fingerprint density at radius 2 is 2.30 bits per heavy atom. The van der Waals surface area contributed by atoms with Crippen molar-refractivity contribution >= 4 is 0 Å². The summed E-state index contributed by atoms with van der Waals surface area (Å²) in [6.07, 6.45) is 7.55. The molecule has 0 bridgehead atoms. The second-order valence-corrected chi connectivity index (χ2v) is 3.07. The van der Waals surface area contributed by atoms with E-state index in [-0.39, 0.29) is 0 Å². The van der Waals surface area contributed by atoms with Crippen LogP contribution >= 0.6 is 0 Å². The Kier molecular flexibility index (Phi) is 2.28. The summed E-state index contributed by atoms with van der Waals surface area (Å²) in [6, 6.07) is 0.314. The van der Waals surface area contributed by atoms with Crippen LogP contribution in [0.2, 0.25) is 0 Å². The lowest BCUT2D eigenvalue weighted by atomic mass is 10.0. The topological polar surface area (TPSA) is 26.0 Å². The Morgan fingerprint density at radius 3 is 3.00 bits per heavy atom. The summed E-state index contributed by atoms with van der Waals surface area (Å²) in [5.41, 5.74) is 7.18. The standard InChI is InChI=1S/C9H15N/c1-7-3-5-8(2)9(10)6-4-7/h3-5,8-9H,6,10H2,1-2H3. The first-order valence-corrected chi connectivity index (χ1v) is 3.80. The second kappa shape index (κ2) is 3.02. The van der Waals surface area contributed by atoms with Crippen molar-refractivity contribution in [1.82, 2.24) is 0 Å². The van der Waals surface area contributed by atoms with Crippen molar-refractivity contribution in [2.45, 2.75) is 26.3 Å². The highest BCUT2D eigenvalue weighted by molar-refractivity contribution is 5.20. The maximum Gasteiger partial charge on any atom is 0.0134 e. The molecule has 0 radical (unpaired) electrons. The number of allylic oxidation sites excluding steroid dienone is 2. The Bertz CT molecular complexity index is 168. The summed E-state index contributed by atoms with van der Waals surface area (Å²) in [5, 5.41) is 0. The van der Waals surface area contributed by atoms with Crippen molar-refractivity contribution in [3.63, 3.8) is 0 Å². The van der Waals surface area contributed by atoms with Crippen molar-refractivity contribution in [1.29, 1.82) is 0 Å². The van der Waals surface area contributed by atoms with Gasteiger partial charge in [0.25, 0.3) is 0 Å². The van der Waals surface area contributed by atoms with E-state index in [2.05, 4.69) is 32.1 Å². The van der Waals surface area contributed by atoms with Crippen molar-refractivity contribution in [3.8, 4) is 0 Å². The SMILES string of the molecule is CC1=CCC(N)C(C)C=C1. The fourth-order valence-electron chi connectivity index (χ4n) is 1.05. The van der Waals surface area contributed by atoms with E-state index < -0.39 is 0 Å². The van der Waals surface area contributed by atoms with Crippen molar-refractivity contribution in [2.24, 2.45) is 11.7 Å².